The molecule has 0 radical (unpaired) electrons. The predicted octanol–water partition coefficient (Wildman–Crippen LogP) is 1.54. The van der Waals surface area contributed by atoms with Crippen molar-refractivity contribution in [2.45, 2.75) is 0 Å². The number of aryl methyl sites for hydroxylation is 1. The van der Waals surface area contributed by atoms with Crippen LogP contribution in [-0.2, 0) is 7.05 Å². The first-order valence-electron chi connectivity index (χ1n) is 4.76. The largest absolute Gasteiger partial charge is 0.361 e. The Labute approximate surface area is 98.0 Å². The van der Waals surface area contributed by atoms with E-state index in [1.54, 1.807) is 11.7 Å². The molecule has 4 nitrogen and oxygen atoms in total. The monoisotopic (exact) mass is 233 g/mol. The number of nitrogens with one attached hydrogen (secondary N) is 1. The zero-order valence-corrected chi connectivity index (χ0v) is 9.61. The van der Waals surface area contributed by atoms with E-state index in [9.17, 15) is 4.79 Å². The van der Waals surface area contributed by atoms with Crippen molar-refractivity contribution in [3.63, 3.8) is 0 Å². The fourth-order valence-electron chi connectivity index (χ4n) is 1.39. The van der Waals surface area contributed by atoms with Crippen LogP contribution in [0.3, 0.4) is 0 Å². The summed E-state index contributed by atoms with van der Waals surface area (Å²) in [6.45, 7) is 0. The van der Waals surface area contributed by atoms with E-state index in [1.165, 1.54) is 0 Å². The van der Waals surface area contributed by atoms with Crippen molar-refractivity contribution in [3.8, 4) is 0 Å². The summed E-state index contributed by atoms with van der Waals surface area (Å²) < 4.78 is 1.55. The second kappa shape index (κ2) is 4.40. The molecule has 16 heavy (non-hydrogen) atoms. The van der Waals surface area contributed by atoms with E-state index in [0.29, 0.717) is 10.7 Å². The van der Waals surface area contributed by atoms with Crippen molar-refractivity contribution in [2.75, 3.05) is 0 Å². The molecule has 0 saturated heterocycles. The van der Waals surface area contributed by atoms with E-state index in [-0.39, 0.29) is 5.69 Å². The average molecular weight is 233 g/mol. The van der Waals surface area contributed by atoms with Gasteiger partial charge in [-0.15, -0.1) is 12.6 Å². The van der Waals surface area contributed by atoms with Gasteiger partial charge in [0.2, 0.25) is 0 Å². The first-order chi connectivity index (χ1) is 7.66. The van der Waals surface area contributed by atoms with Crippen LogP contribution < -0.4 is 5.69 Å². The summed E-state index contributed by atoms with van der Waals surface area (Å²) in [5.74, 6) is 0.525. The number of thiol groups is 1. The van der Waals surface area contributed by atoms with Crippen LogP contribution in [0, 0.1) is 0 Å². The highest BCUT2D eigenvalue weighted by Gasteiger charge is 2.05. The summed E-state index contributed by atoms with van der Waals surface area (Å²) in [6.07, 6.45) is 1.86. The number of nitrogens with zero attached hydrogens (tertiary/aromatic N) is 2. The van der Waals surface area contributed by atoms with Gasteiger partial charge in [0.25, 0.3) is 0 Å². The van der Waals surface area contributed by atoms with Crippen molar-refractivity contribution in [3.05, 3.63) is 52.2 Å². The molecule has 1 aromatic carbocycles. The molecule has 0 aliphatic carbocycles. The molecule has 1 N–H and O–H groups in total. The van der Waals surface area contributed by atoms with Crippen LogP contribution in [0.25, 0.3) is 11.0 Å². The van der Waals surface area contributed by atoms with Crippen LogP contribution in [0.2, 0.25) is 0 Å². The van der Waals surface area contributed by atoms with E-state index in [1.807, 2.05) is 36.4 Å². The molecule has 1 heterocycles. The Morgan fingerprint density at radius 1 is 1.44 bits per heavy atom. The minimum Gasteiger partial charge on any atom is -0.269 e. The lowest BCUT2D eigenvalue weighted by Crippen LogP contribution is -2.03. The third-order valence-corrected chi connectivity index (χ3v) is 2.45. The molecule has 82 valence electrons. The summed E-state index contributed by atoms with van der Waals surface area (Å²) in [6, 6.07) is 9.74. The minimum atomic E-state index is -0.370. The molecular weight excluding hydrogens is 222 g/mol. The molecule has 0 unspecified atom stereocenters. The molecule has 0 aliphatic heterocycles. The molecule has 1 aromatic heterocycles. The van der Waals surface area contributed by atoms with Crippen molar-refractivity contribution in [1.82, 2.24) is 14.8 Å². The van der Waals surface area contributed by atoms with Gasteiger partial charge in [-0.05, 0) is 11.6 Å². The summed E-state index contributed by atoms with van der Waals surface area (Å²) in [5.41, 5.74) is 0.647. The van der Waals surface area contributed by atoms with Crippen LogP contribution in [0.15, 0.2) is 35.1 Å². The quantitative estimate of drug-likeness (QED) is 0.773. The summed E-state index contributed by atoms with van der Waals surface area (Å²) in [7, 11) is 1.72. The number of rotatable bonds is 2. The van der Waals surface area contributed by atoms with Gasteiger partial charge in [0.05, 0.1) is 0 Å². The van der Waals surface area contributed by atoms with E-state index in [4.69, 9.17) is 0 Å². The Bertz CT molecular complexity index is 568. The van der Waals surface area contributed by atoms with Gasteiger partial charge in [-0.1, -0.05) is 30.3 Å². The SMILES string of the molecule is Cn1[nH]c(=O)nc1C(S)=Cc1ccccc1. The smallest absolute Gasteiger partial charge is 0.269 e. The number of hydrogen-bond acceptors (Lipinski definition) is 3. The van der Waals surface area contributed by atoms with E-state index in [2.05, 4.69) is 22.7 Å². The number of hydrogen-bond donors (Lipinski definition) is 2. The molecular formula is C11H11N3OS. The van der Waals surface area contributed by atoms with E-state index in [0.717, 1.165) is 5.56 Å². The van der Waals surface area contributed by atoms with Crippen molar-refractivity contribution in [1.29, 1.82) is 0 Å². The summed E-state index contributed by atoms with van der Waals surface area (Å²) in [5, 5.41) is 2.53. The lowest BCUT2D eigenvalue weighted by atomic mass is 10.2. The topological polar surface area (TPSA) is 50.7 Å². The van der Waals surface area contributed by atoms with Crippen molar-refractivity contribution >= 4 is 23.6 Å². The number of H-pyrrole nitrogens is 1. The summed E-state index contributed by atoms with van der Waals surface area (Å²) in [4.78, 5) is 15.5. The van der Waals surface area contributed by atoms with Crippen LogP contribution >= 0.6 is 12.6 Å². The molecule has 5 heteroatoms. The molecule has 0 spiro atoms. The molecule has 2 rings (SSSR count). The van der Waals surface area contributed by atoms with Crippen LogP contribution in [0.1, 0.15) is 11.4 Å². The molecule has 0 bridgehead atoms. The van der Waals surface area contributed by atoms with Gasteiger partial charge in [0.1, 0.15) is 0 Å². The van der Waals surface area contributed by atoms with Crippen LogP contribution in [0.5, 0.6) is 0 Å². The predicted molar refractivity (Wildman–Crippen MR) is 67.1 cm³/mol. The van der Waals surface area contributed by atoms with Gasteiger partial charge >= 0.3 is 5.69 Å². The van der Waals surface area contributed by atoms with Gasteiger partial charge in [0, 0.05) is 12.0 Å². The Morgan fingerprint density at radius 3 is 2.69 bits per heavy atom. The Hall–Kier alpha value is -1.75. The van der Waals surface area contributed by atoms with Crippen molar-refractivity contribution < 1.29 is 0 Å². The van der Waals surface area contributed by atoms with E-state index < -0.39 is 0 Å². The van der Waals surface area contributed by atoms with Crippen LogP contribution in [-0.4, -0.2) is 14.8 Å². The fourth-order valence-corrected chi connectivity index (χ4v) is 1.74. The van der Waals surface area contributed by atoms with Gasteiger partial charge in [-0.3, -0.25) is 4.68 Å². The standard InChI is InChI=1S/C11H11N3OS/c1-14-10(12-11(15)13-14)9(16)7-8-5-3-2-4-6-8/h2-7,16H,1H3,(H,13,15). The third-order valence-electron chi connectivity index (χ3n) is 2.12. The van der Waals surface area contributed by atoms with Gasteiger partial charge < -0.3 is 0 Å². The maximum Gasteiger partial charge on any atom is 0.361 e. The molecule has 0 atom stereocenters. The Balaban J connectivity index is 2.39. The zero-order valence-electron chi connectivity index (χ0n) is 8.71. The lowest BCUT2D eigenvalue weighted by Gasteiger charge is -1.99. The second-order valence-corrected chi connectivity index (χ2v) is 3.83. The number of aromatic nitrogens is 3. The first-order valence-corrected chi connectivity index (χ1v) is 5.20. The Morgan fingerprint density at radius 2 is 2.12 bits per heavy atom. The third kappa shape index (κ3) is 2.25. The molecule has 0 saturated carbocycles. The highest BCUT2D eigenvalue weighted by Crippen LogP contribution is 2.17. The second-order valence-electron chi connectivity index (χ2n) is 3.35. The first kappa shape index (κ1) is 10.8. The fraction of sp³-hybridized carbons (Fsp3) is 0.0909. The van der Waals surface area contributed by atoms with Crippen LogP contribution in [0.4, 0.5) is 0 Å². The van der Waals surface area contributed by atoms with Gasteiger partial charge in [-0.2, -0.15) is 4.98 Å². The van der Waals surface area contributed by atoms with Crippen molar-refractivity contribution in [2.24, 2.45) is 7.05 Å². The normalized spacial score (nSPS) is 11.8. The molecule has 0 amide bonds. The maximum absolute atomic E-state index is 11.0. The molecule has 0 aliphatic rings. The maximum atomic E-state index is 11.0. The average Bonchev–Trinajstić information content (AvgIpc) is 2.59. The van der Waals surface area contributed by atoms with Gasteiger partial charge in [-0.25, -0.2) is 9.89 Å². The summed E-state index contributed by atoms with van der Waals surface area (Å²) >= 11 is 4.33. The van der Waals surface area contributed by atoms with E-state index >= 15 is 0 Å². The number of benzene rings is 1. The highest BCUT2D eigenvalue weighted by molar-refractivity contribution is 7.90. The minimum absolute atomic E-state index is 0.370. The lowest BCUT2D eigenvalue weighted by molar-refractivity contribution is 0.747. The Kier molecular flexibility index (Phi) is 2.96. The number of aromatic amines is 1. The molecule has 2 aromatic rings. The molecule has 0 fully saturated rings. The highest BCUT2D eigenvalue weighted by atomic mass is 32.1. The zero-order chi connectivity index (χ0) is 11.5. The van der Waals surface area contributed by atoms with Gasteiger partial charge in [0.15, 0.2) is 5.82 Å².